The van der Waals surface area contributed by atoms with Crippen molar-refractivity contribution in [1.82, 2.24) is 9.80 Å². The highest BCUT2D eigenvalue weighted by molar-refractivity contribution is 7.80. The molecule has 3 aromatic carbocycles. The van der Waals surface area contributed by atoms with Gasteiger partial charge in [-0.3, -0.25) is 9.80 Å². The summed E-state index contributed by atoms with van der Waals surface area (Å²) in [5, 5.41) is 10.6. The minimum absolute atomic E-state index is 0.374. The Labute approximate surface area is 213 Å². The number of nitrogens with zero attached hydrogens (tertiary/aromatic N) is 2. The SMILES string of the molecule is Oc1ccc(-c2ssc(=S)c2Cc2ccccc2)cc1CN1CCN(Cc2ccccc2)CC1. The van der Waals surface area contributed by atoms with E-state index in [-0.39, 0.29) is 0 Å². The Hall–Kier alpha value is -2.35. The molecule has 2 heterocycles. The molecule has 1 saturated heterocycles. The summed E-state index contributed by atoms with van der Waals surface area (Å²) in [5.41, 5.74) is 6.00. The van der Waals surface area contributed by atoms with Gasteiger partial charge in [0.05, 0.1) is 4.88 Å². The Balaban J connectivity index is 1.28. The molecular weight excluding hydrogens is 477 g/mol. The van der Waals surface area contributed by atoms with Crippen LogP contribution in [-0.4, -0.2) is 41.1 Å². The normalized spacial score (nSPS) is 14.9. The van der Waals surface area contributed by atoms with Crippen LogP contribution in [0.2, 0.25) is 0 Å². The van der Waals surface area contributed by atoms with Crippen LogP contribution in [0.3, 0.4) is 0 Å². The minimum Gasteiger partial charge on any atom is -0.508 e. The lowest BCUT2D eigenvalue weighted by Gasteiger charge is -2.34. The van der Waals surface area contributed by atoms with Gasteiger partial charge in [0.15, 0.2) is 0 Å². The van der Waals surface area contributed by atoms with E-state index in [1.807, 2.05) is 18.2 Å². The van der Waals surface area contributed by atoms with Gasteiger partial charge in [0, 0.05) is 56.8 Å². The molecular formula is C28H28N2OS3. The van der Waals surface area contributed by atoms with Gasteiger partial charge in [-0.2, -0.15) is 0 Å². The smallest absolute Gasteiger partial charge is 0.120 e. The van der Waals surface area contributed by atoms with Gasteiger partial charge in [-0.25, -0.2) is 0 Å². The zero-order valence-corrected chi connectivity index (χ0v) is 21.5. The van der Waals surface area contributed by atoms with E-state index in [4.69, 9.17) is 12.2 Å². The predicted octanol–water partition coefficient (Wildman–Crippen LogP) is 6.82. The van der Waals surface area contributed by atoms with Crippen molar-refractivity contribution in [3.05, 3.63) is 105 Å². The summed E-state index contributed by atoms with van der Waals surface area (Å²) in [5.74, 6) is 0.374. The standard InChI is InChI=1S/C28H28N2OS3/c31-26-12-11-23(27-25(28(32)34-33-27)17-21-7-3-1-4-8-21)18-24(26)20-30-15-13-29(14-16-30)19-22-9-5-2-6-10-22/h1-12,18,31H,13-17,19-20H2. The monoisotopic (exact) mass is 504 g/mol. The van der Waals surface area contributed by atoms with E-state index < -0.39 is 0 Å². The van der Waals surface area contributed by atoms with E-state index in [1.54, 1.807) is 20.7 Å². The molecule has 174 valence electrons. The summed E-state index contributed by atoms with van der Waals surface area (Å²) in [6.07, 6.45) is 0.842. The number of phenols is 1. The second-order valence-electron chi connectivity index (χ2n) is 8.81. The lowest BCUT2D eigenvalue weighted by atomic mass is 10.0. The lowest BCUT2D eigenvalue weighted by Crippen LogP contribution is -2.45. The second-order valence-corrected chi connectivity index (χ2v) is 11.6. The van der Waals surface area contributed by atoms with Crippen molar-refractivity contribution in [1.29, 1.82) is 0 Å². The maximum absolute atomic E-state index is 10.6. The number of aromatic hydroxyl groups is 1. The van der Waals surface area contributed by atoms with Crippen LogP contribution >= 0.6 is 32.9 Å². The molecule has 0 spiro atoms. The van der Waals surface area contributed by atoms with Gasteiger partial charge in [-0.1, -0.05) is 93.6 Å². The number of piperazine rings is 1. The quantitative estimate of drug-likeness (QED) is 0.221. The fraction of sp³-hybridized carbons (Fsp3) is 0.250. The number of phenolic OH excluding ortho intramolecular Hbond substituents is 1. The molecule has 0 radical (unpaired) electrons. The molecule has 0 aliphatic carbocycles. The molecule has 0 atom stereocenters. The van der Waals surface area contributed by atoms with Crippen LogP contribution in [0.5, 0.6) is 5.75 Å². The topological polar surface area (TPSA) is 26.7 Å². The molecule has 5 rings (SSSR count). The van der Waals surface area contributed by atoms with E-state index in [1.165, 1.54) is 21.6 Å². The Kier molecular flexibility index (Phi) is 7.52. The lowest BCUT2D eigenvalue weighted by molar-refractivity contribution is 0.121. The van der Waals surface area contributed by atoms with E-state index in [2.05, 4.69) is 70.5 Å². The highest BCUT2D eigenvalue weighted by Gasteiger charge is 2.19. The molecule has 0 saturated carbocycles. The summed E-state index contributed by atoms with van der Waals surface area (Å²) in [6, 6.07) is 27.2. The van der Waals surface area contributed by atoms with Crippen LogP contribution in [0, 0.1) is 3.82 Å². The number of hydrogen-bond acceptors (Lipinski definition) is 6. The molecule has 0 bridgehead atoms. The zero-order valence-electron chi connectivity index (χ0n) is 19.0. The van der Waals surface area contributed by atoms with Gasteiger partial charge in [0.25, 0.3) is 0 Å². The van der Waals surface area contributed by atoms with Gasteiger partial charge in [-0.15, -0.1) is 0 Å². The Morgan fingerprint density at radius 3 is 2.03 bits per heavy atom. The molecule has 6 heteroatoms. The van der Waals surface area contributed by atoms with Crippen molar-refractivity contribution in [3.8, 4) is 16.2 Å². The summed E-state index contributed by atoms with van der Waals surface area (Å²) in [4.78, 5) is 6.18. The first-order chi connectivity index (χ1) is 16.7. The molecule has 3 nitrogen and oxygen atoms in total. The predicted molar refractivity (Wildman–Crippen MR) is 146 cm³/mol. The summed E-state index contributed by atoms with van der Waals surface area (Å²) in [6.45, 7) is 5.87. The van der Waals surface area contributed by atoms with Crippen LogP contribution in [0.1, 0.15) is 22.3 Å². The van der Waals surface area contributed by atoms with Crippen molar-refractivity contribution in [2.75, 3.05) is 26.2 Å². The molecule has 1 N–H and O–H groups in total. The third-order valence-corrected chi connectivity index (χ3v) is 9.59. The van der Waals surface area contributed by atoms with E-state index in [0.717, 1.165) is 60.6 Å². The van der Waals surface area contributed by atoms with Crippen molar-refractivity contribution >= 4 is 32.9 Å². The third kappa shape index (κ3) is 5.65. The number of rotatable bonds is 7. The fourth-order valence-electron chi connectivity index (χ4n) is 4.49. The molecule has 4 aromatic rings. The minimum atomic E-state index is 0.374. The van der Waals surface area contributed by atoms with E-state index in [0.29, 0.717) is 5.75 Å². The Morgan fingerprint density at radius 2 is 1.35 bits per heavy atom. The molecule has 0 unspecified atom stereocenters. The average molecular weight is 505 g/mol. The van der Waals surface area contributed by atoms with Crippen LogP contribution in [-0.2, 0) is 19.5 Å². The van der Waals surface area contributed by atoms with Crippen LogP contribution in [0.15, 0.2) is 78.9 Å². The maximum atomic E-state index is 10.6. The largest absolute Gasteiger partial charge is 0.508 e. The summed E-state index contributed by atoms with van der Waals surface area (Å²) >= 11 is 5.69. The number of benzene rings is 3. The Bertz CT molecular complexity index is 1280. The van der Waals surface area contributed by atoms with Gasteiger partial charge < -0.3 is 5.11 Å². The Morgan fingerprint density at radius 1 is 0.735 bits per heavy atom. The van der Waals surface area contributed by atoms with Gasteiger partial charge in [0.2, 0.25) is 0 Å². The average Bonchev–Trinajstić information content (AvgIpc) is 3.23. The molecule has 1 aliphatic rings. The van der Waals surface area contributed by atoms with Crippen molar-refractivity contribution in [3.63, 3.8) is 0 Å². The second kappa shape index (κ2) is 10.9. The maximum Gasteiger partial charge on any atom is 0.120 e. The van der Waals surface area contributed by atoms with Gasteiger partial charge in [-0.05, 0) is 34.9 Å². The number of hydrogen-bond donors (Lipinski definition) is 1. The van der Waals surface area contributed by atoms with Gasteiger partial charge >= 0.3 is 0 Å². The summed E-state index contributed by atoms with van der Waals surface area (Å²) in [7, 11) is 3.42. The molecule has 1 fully saturated rings. The van der Waals surface area contributed by atoms with Crippen molar-refractivity contribution < 1.29 is 5.11 Å². The molecule has 0 amide bonds. The zero-order chi connectivity index (χ0) is 23.3. The molecule has 1 aromatic heterocycles. The molecule has 34 heavy (non-hydrogen) atoms. The van der Waals surface area contributed by atoms with E-state index in [9.17, 15) is 5.11 Å². The highest BCUT2D eigenvalue weighted by Crippen LogP contribution is 2.38. The van der Waals surface area contributed by atoms with Crippen molar-refractivity contribution in [2.45, 2.75) is 19.5 Å². The van der Waals surface area contributed by atoms with Crippen LogP contribution < -0.4 is 0 Å². The first kappa shape index (κ1) is 23.4. The highest BCUT2D eigenvalue weighted by atomic mass is 32.9. The first-order valence-corrected chi connectivity index (χ1v) is 14.2. The third-order valence-electron chi connectivity index (χ3n) is 6.39. The van der Waals surface area contributed by atoms with Crippen LogP contribution in [0.4, 0.5) is 0 Å². The molecule has 1 aliphatic heterocycles. The fourth-order valence-corrected chi connectivity index (χ4v) is 7.40. The summed E-state index contributed by atoms with van der Waals surface area (Å²) < 4.78 is 0.966. The van der Waals surface area contributed by atoms with Gasteiger partial charge in [0.1, 0.15) is 9.57 Å². The van der Waals surface area contributed by atoms with Crippen LogP contribution in [0.25, 0.3) is 10.4 Å². The first-order valence-electron chi connectivity index (χ1n) is 11.6. The van der Waals surface area contributed by atoms with Crippen molar-refractivity contribution in [2.24, 2.45) is 0 Å². The van der Waals surface area contributed by atoms with E-state index >= 15 is 0 Å².